The standard InChI is InChI=1S/C19H21FN2O/c1-2-15(12-7-9-14(20)10-8-12)19(23)22-17-11-13-5-3-4-6-16(13)18(17)21/h3-10,15,17-18H,2,11,21H2,1H3,(H,22,23)/t15-,17-,18-/m0/s1. The fraction of sp³-hybridized carbons (Fsp3) is 0.316. The van der Waals surface area contributed by atoms with E-state index in [2.05, 4.69) is 11.4 Å². The molecule has 0 saturated heterocycles. The van der Waals surface area contributed by atoms with Gasteiger partial charge in [-0.1, -0.05) is 43.3 Å². The monoisotopic (exact) mass is 312 g/mol. The number of nitrogens with two attached hydrogens (primary N) is 1. The minimum atomic E-state index is -0.294. The Morgan fingerprint density at radius 2 is 1.96 bits per heavy atom. The van der Waals surface area contributed by atoms with E-state index < -0.39 is 0 Å². The molecule has 23 heavy (non-hydrogen) atoms. The van der Waals surface area contributed by atoms with Gasteiger partial charge in [0.15, 0.2) is 0 Å². The van der Waals surface area contributed by atoms with E-state index in [1.165, 1.54) is 17.7 Å². The molecule has 3 N–H and O–H groups in total. The van der Waals surface area contributed by atoms with E-state index in [1.807, 2.05) is 25.1 Å². The highest BCUT2D eigenvalue weighted by atomic mass is 19.1. The lowest BCUT2D eigenvalue weighted by Gasteiger charge is -2.22. The molecule has 0 spiro atoms. The summed E-state index contributed by atoms with van der Waals surface area (Å²) in [6.45, 7) is 1.96. The van der Waals surface area contributed by atoms with Gasteiger partial charge in [-0.25, -0.2) is 4.39 Å². The van der Waals surface area contributed by atoms with Gasteiger partial charge in [0.1, 0.15) is 5.82 Å². The summed E-state index contributed by atoms with van der Waals surface area (Å²) in [5.74, 6) is -0.629. The van der Waals surface area contributed by atoms with Crippen molar-refractivity contribution >= 4 is 5.91 Å². The summed E-state index contributed by atoms with van der Waals surface area (Å²) >= 11 is 0. The predicted molar refractivity (Wildman–Crippen MR) is 88.4 cm³/mol. The number of carbonyl (C=O) groups excluding carboxylic acids is 1. The van der Waals surface area contributed by atoms with Crippen molar-refractivity contribution in [3.8, 4) is 0 Å². The van der Waals surface area contributed by atoms with Crippen LogP contribution in [0.2, 0.25) is 0 Å². The molecule has 1 aliphatic carbocycles. The van der Waals surface area contributed by atoms with Crippen LogP contribution in [0.1, 0.15) is 42.0 Å². The molecule has 2 aromatic carbocycles. The number of nitrogens with one attached hydrogen (secondary N) is 1. The minimum absolute atomic E-state index is 0.0487. The van der Waals surface area contributed by atoms with E-state index in [4.69, 9.17) is 5.73 Å². The van der Waals surface area contributed by atoms with Crippen molar-refractivity contribution in [2.45, 2.75) is 37.8 Å². The van der Waals surface area contributed by atoms with Gasteiger partial charge >= 0.3 is 0 Å². The Morgan fingerprint density at radius 1 is 1.26 bits per heavy atom. The number of hydrogen-bond donors (Lipinski definition) is 2. The zero-order valence-corrected chi connectivity index (χ0v) is 13.1. The average Bonchev–Trinajstić information content (AvgIpc) is 2.86. The van der Waals surface area contributed by atoms with Crippen molar-refractivity contribution in [2.75, 3.05) is 0 Å². The van der Waals surface area contributed by atoms with Crippen LogP contribution in [0.25, 0.3) is 0 Å². The molecule has 1 amide bonds. The second-order valence-electron chi connectivity index (χ2n) is 6.06. The Labute approximate surface area is 135 Å². The lowest BCUT2D eigenvalue weighted by molar-refractivity contribution is -0.123. The maximum absolute atomic E-state index is 13.1. The van der Waals surface area contributed by atoms with Gasteiger partial charge in [0.2, 0.25) is 5.91 Å². The molecule has 2 aromatic rings. The van der Waals surface area contributed by atoms with Crippen LogP contribution in [0, 0.1) is 5.82 Å². The van der Waals surface area contributed by atoms with Crippen LogP contribution in [-0.2, 0) is 11.2 Å². The third kappa shape index (κ3) is 3.13. The van der Waals surface area contributed by atoms with E-state index in [9.17, 15) is 9.18 Å². The Morgan fingerprint density at radius 3 is 2.61 bits per heavy atom. The third-order valence-corrected chi connectivity index (χ3v) is 4.61. The molecule has 0 saturated carbocycles. The molecule has 3 nitrogen and oxygen atoms in total. The maximum Gasteiger partial charge on any atom is 0.227 e. The zero-order chi connectivity index (χ0) is 16.4. The Hall–Kier alpha value is -2.20. The first-order valence-electron chi connectivity index (χ1n) is 7.99. The van der Waals surface area contributed by atoms with Crippen molar-refractivity contribution < 1.29 is 9.18 Å². The summed E-state index contributed by atoms with van der Waals surface area (Å²) in [6.07, 6.45) is 1.41. The topological polar surface area (TPSA) is 55.1 Å². The van der Waals surface area contributed by atoms with Crippen LogP contribution in [0.15, 0.2) is 48.5 Å². The van der Waals surface area contributed by atoms with E-state index in [0.717, 1.165) is 17.5 Å². The lowest BCUT2D eigenvalue weighted by atomic mass is 9.95. The summed E-state index contributed by atoms with van der Waals surface area (Å²) in [5, 5.41) is 3.08. The highest BCUT2D eigenvalue weighted by Gasteiger charge is 2.32. The fourth-order valence-electron chi connectivity index (χ4n) is 3.32. The summed E-state index contributed by atoms with van der Waals surface area (Å²) < 4.78 is 13.1. The maximum atomic E-state index is 13.1. The van der Waals surface area contributed by atoms with Crippen molar-refractivity contribution in [3.63, 3.8) is 0 Å². The largest absolute Gasteiger partial charge is 0.351 e. The third-order valence-electron chi connectivity index (χ3n) is 4.61. The number of rotatable bonds is 4. The first-order chi connectivity index (χ1) is 11.1. The highest BCUT2D eigenvalue weighted by Crippen LogP contribution is 2.30. The molecular weight excluding hydrogens is 291 g/mol. The summed E-state index contributed by atoms with van der Waals surface area (Å²) in [5.41, 5.74) is 9.40. The molecular formula is C19H21FN2O. The number of benzene rings is 2. The quantitative estimate of drug-likeness (QED) is 0.911. The van der Waals surface area contributed by atoms with Gasteiger partial charge in [-0.15, -0.1) is 0 Å². The average molecular weight is 312 g/mol. The van der Waals surface area contributed by atoms with Crippen LogP contribution in [0.4, 0.5) is 4.39 Å². The Balaban J connectivity index is 1.72. The van der Waals surface area contributed by atoms with E-state index in [-0.39, 0.29) is 29.7 Å². The molecule has 0 fully saturated rings. The summed E-state index contributed by atoms with van der Waals surface area (Å²) in [4.78, 5) is 12.7. The summed E-state index contributed by atoms with van der Waals surface area (Å²) in [6, 6.07) is 13.9. The zero-order valence-electron chi connectivity index (χ0n) is 13.1. The van der Waals surface area contributed by atoms with E-state index in [1.54, 1.807) is 12.1 Å². The number of hydrogen-bond acceptors (Lipinski definition) is 2. The molecule has 0 heterocycles. The molecule has 1 aliphatic rings. The molecule has 120 valence electrons. The number of carbonyl (C=O) groups is 1. The van der Waals surface area contributed by atoms with Gasteiger partial charge in [-0.05, 0) is 41.7 Å². The van der Waals surface area contributed by atoms with Crippen molar-refractivity contribution in [3.05, 3.63) is 71.0 Å². The highest BCUT2D eigenvalue weighted by molar-refractivity contribution is 5.84. The molecule has 3 atom stereocenters. The first-order valence-corrected chi connectivity index (χ1v) is 7.99. The fourth-order valence-corrected chi connectivity index (χ4v) is 3.32. The Bertz CT molecular complexity index is 699. The van der Waals surface area contributed by atoms with Gasteiger partial charge < -0.3 is 11.1 Å². The van der Waals surface area contributed by atoms with Crippen LogP contribution in [0.5, 0.6) is 0 Å². The van der Waals surface area contributed by atoms with E-state index >= 15 is 0 Å². The summed E-state index contributed by atoms with van der Waals surface area (Å²) in [7, 11) is 0. The smallest absolute Gasteiger partial charge is 0.227 e. The number of halogens is 1. The number of amides is 1. The van der Waals surface area contributed by atoms with Crippen LogP contribution in [0.3, 0.4) is 0 Å². The SMILES string of the molecule is CC[C@H](C(=O)N[C@H]1Cc2ccccc2[C@@H]1N)c1ccc(F)cc1. The van der Waals surface area contributed by atoms with Gasteiger partial charge in [0.25, 0.3) is 0 Å². The van der Waals surface area contributed by atoms with Crippen molar-refractivity contribution in [2.24, 2.45) is 5.73 Å². The van der Waals surface area contributed by atoms with Gasteiger partial charge in [0.05, 0.1) is 18.0 Å². The molecule has 0 radical (unpaired) electrons. The van der Waals surface area contributed by atoms with Crippen LogP contribution >= 0.6 is 0 Å². The molecule has 4 heteroatoms. The van der Waals surface area contributed by atoms with Gasteiger partial charge in [-0.2, -0.15) is 0 Å². The van der Waals surface area contributed by atoms with E-state index in [0.29, 0.717) is 6.42 Å². The van der Waals surface area contributed by atoms with Crippen LogP contribution < -0.4 is 11.1 Å². The molecule has 0 aliphatic heterocycles. The lowest BCUT2D eigenvalue weighted by Crippen LogP contribution is -2.42. The second kappa shape index (κ2) is 6.50. The second-order valence-corrected chi connectivity index (χ2v) is 6.06. The minimum Gasteiger partial charge on any atom is -0.351 e. The van der Waals surface area contributed by atoms with Gasteiger partial charge in [-0.3, -0.25) is 4.79 Å². The Kier molecular flexibility index (Phi) is 4.44. The predicted octanol–water partition coefficient (Wildman–Crippen LogP) is 3.06. The normalized spacial score (nSPS) is 20.8. The van der Waals surface area contributed by atoms with Crippen molar-refractivity contribution in [1.29, 1.82) is 0 Å². The molecule has 3 rings (SSSR count). The van der Waals surface area contributed by atoms with Gasteiger partial charge in [0, 0.05) is 0 Å². The van der Waals surface area contributed by atoms with Crippen molar-refractivity contribution in [1.82, 2.24) is 5.32 Å². The van der Waals surface area contributed by atoms with Crippen LogP contribution in [-0.4, -0.2) is 11.9 Å². The first kappa shape index (κ1) is 15.7. The molecule has 0 bridgehead atoms. The number of fused-ring (bicyclic) bond motifs is 1. The molecule has 0 unspecified atom stereocenters. The molecule has 0 aromatic heterocycles.